The Morgan fingerprint density at radius 1 is 1.56 bits per heavy atom. The first-order chi connectivity index (χ1) is 7.83. The summed E-state index contributed by atoms with van der Waals surface area (Å²) >= 11 is 0. The van der Waals surface area contributed by atoms with Crippen LogP contribution in [0.15, 0.2) is 12.5 Å². The van der Waals surface area contributed by atoms with Gasteiger partial charge in [0.2, 0.25) is 0 Å². The van der Waals surface area contributed by atoms with Crippen molar-refractivity contribution >= 4 is 5.91 Å². The molecule has 1 aromatic rings. The van der Waals surface area contributed by atoms with Gasteiger partial charge in [-0.1, -0.05) is 12.8 Å². The summed E-state index contributed by atoms with van der Waals surface area (Å²) in [7, 11) is 0. The van der Waals surface area contributed by atoms with Crippen LogP contribution in [0.4, 0.5) is 0 Å². The third-order valence-electron chi connectivity index (χ3n) is 3.08. The quantitative estimate of drug-likeness (QED) is 0.778. The third kappa shape index (κ3) is 2.24. The van der Waals surface area contributed by atoms with Crippen LogP contribution in [0.5, 0.6) is 0 Å². The number of rotatable bonds is 2. The van der Waals surface area contributed by atoms with E-state index in [0.29, 0.717) is 5.69 Å². The number of aliphatic hydroxyl groups is 1. The van der Waals surface area contributed by atoms with Crippen LogP contribution in [0.1, 0.15) is 36.2 Å². The zero-order valence-corrected chi connectivity index (χ0v) is 9.22. The molecule has 1 aliphatic rings. The maximum atomic E-state index is 12.1. The molecule has 88 valence electrons. The molecule has 2 N–H and O–H groups in total. The SMILES string of the molecule is O=C(c1cnc[nH]1)N1CCCCCC1CO. The molecule has 1 aromatic heterocycles. The van der Waals surface area contributed by atoms with Gasteiger partial charge in [-0.2, -0.15) is 0 Å². The number of hydrogen-bond acceptors (Lipinski definition) is 3. The number of carbonyl (C=O) groups is 1. The van der Waals surface area contributed by atoms with Gasteiger partial charge >= 0.3 is 0 Å². The van der Waals surface area contributed by atoms with Crippen molar-refractivity contribution in [3.8, 4) is 0 Å². The van der Waals surface area contributed by atoms with Gasteiger partial charge in [-0.25, -0.2) is 4.98 Å². The van der Waals surface area contributed by atoms with Gasteiger partial charge in [0.25, 0.3) is 5.91 Å². The van der Waals surface area contributed by atoms with Crippen molar-refractivity contribution in [1.82, 2.24) is 14.9 Å². The fourth-order valence-corrected chi connectivity index (χ4v) is 2.16. The Morgan fingerprint density at radius 2 is 2.44 bits per heavy atom. The van der Waals surface area contributed by atoms with Crippen LogP contribution < -0.4 is 0 Å². The van der Waals surface area contributed by atoms with Crippen LogP contribution in [-0.2, 0) is 0 Å². The molecule has 0 saturated carbocycles. The van der Waals surface area contributed by atoms with Crippen LogP contribution in [0, 0.1) is 0 Å². The Kier molecular flexibility index (Phi) is 3.56. The minimum absolute atomic E-state index is 0.0415. The lowest BCUT2D eigenvalue weighted by molar-refractivity contribution is 0.0594. The van der Waals surface area contributed by atoms with E-state index in [1.165, 1.54) is 12.5 Å². The molecule has 16 heavy (non-hydrogen) atoms. The number of aliphatic hydroxyl groups excluding tert-OH is 1. The number of H-pyrrole nitrogens is 1. The summed E-state index contributed by atoms with van der Waals surface area (Å²) in [6.45, 7) is 0.767. The second-order valence-corrected chi connectivity index (χ2v) is 4.15. The van der Waals surface area contributed by atoms with Crippen molar-refractivity contribution < 1.29 is 9.90 Å². The maximum absolute atomic E-state index is 12.1. The second kappa shape index (κ2) is 5.12. The fourth-order valence-electron chi connectivity index (χ4n) is 2.16. The van der Waals surface area contributed by atoms with Gasteiger partial charge in [0.1, 0.15) is 5.69 Å². The summed E-state index contributed by atoms with van der Waals surface area (Å²) in [6.07, 6.45) is 7.13. The highest BCUT2D eigenvalue weighted by Gasteiger charge is 2.26. The largest absolute Gasteiger partial charge is 0.394 e. The van der Waals surface area contributed by atoms with Crippen LogP contribution in [0.3, 0.4) is 0 Å². The third-order valence-corrected chi connectivity index (χ3v) is 3.08. The van der Waals surface area contributed by atoms with Crippen molar-refractivity contribution in [3.05, 3.63) is 18.2 Å². The molecule has 5 nitrogen and oxygen atoms in total. The molecule has 0 bridgehead atoms. The summed E-state index contributed by atoms with van der Waals surface area (Å²) in [5.74, 6) is -0.0570. The number of hydrogen-bond donors (Lipinski definition) is 2. The lowest BCUT2D eigenvalue weighted by atomic mass is 10.1. The predicted molar refractivity (Wildman–Crippen MR) is 59.0 cm³/mol. The summed E-state index contributed by atoms with van der Waals surface area (Å²) in [6, 6.07) is -0.0432. The van der Waals surface area contributed by atoms with Crippen LogP contribution in [0.25, 0.3) is 0 Å². The summed E-state index contributed by atoms with van der Waals surface area (Å²) < 4.78 is 0. The maximum Gasteiger partial charge on any atom is 0.272 e. The lowest BCUT2D eigenvalue weighted by Gasteiger charge is -2.28. The Morgan fingerprint density at radius 3 is 3.12 bits per heavy atom. The van der Waals surface area contributed by atoms with E-state index in [1.54, 1.807) is 4.90 Å². The molecule has 1 aliphatic heterocycles. The molecule has 1 saturated heterocycles. The monoisotopic (exact) mass is 223 g/mol. The molecular formula is C11H17N3O2. The smallest absolute Gasteiger partial charge is 0.272 e. The topological polar surface area (TPSA) is 69.2 Å². The van der Waals surface area contributed by atoms with Gasteiger partial charge in [-0.05, 0) is 12.8 Å². The Balaban J connectivity index is 2.13. The van der Waals surface area contributed by atoms with Crippen LogP contribution in [-0.4, -0.2) is 45.1 Å². The highest BCUT2D eigenvalue weighted by molar-refractivity contribution is 5.92. The van der Waals surface area contributed by atoms with Crippen LogP contribution >= 0.6 is 0 Å². The van der Waals surface area contributed by atoms with Gasteiger partial charge in [0.05, 0.1) is 25.2 Å². The number of likely N-dealkylation sites (tertiary alicyclic amines) is 1. The number of imidazole rings is 1. The first-order valence-corrected chi connectivity index (χ1v) is 5.73. The van der Waals surface area contributed by atoms with Gasteiger partial charge in [-0.3, -0.25) is 4.79 Å². The van der Waals surface area contributed by atoms with Gasteiger partial charge in [-0.15, -0.1) is 0 Å². The van der Waals surface area contributed by atoms with Crippen molar-refractivity contribution in [2.75, 3.05) is 13.2 Å². The zero-order chi connectivity index (χ0) is 11.4. The number of carbonyl (C=O) groups excluding carboxylic acids is 1. The van der Waals surface area contributed by atoms with E-state index in [-0.39, 0.29) is 18.6 Å². The molecule has 2 heterocycles. The van der Waals surface area contributed by atoms with Gasteiger partial charge in [0, 0.05) is 6.54 Å². The van der Waals surface area contributed by atoms with E-state index in [9.17, 15) is 9.90 Å². The minimum Gasteiger partial charge on any atom is -0.394 e. The number of aromatic nitrogens is 2. The molecule has 5 heteroatoms. The number of nitrogens with zero attached hydrogens (tertiary/aromatic N) is 2. The molecule has 0 aliphatic carbocycles. The number of amides is 1. The van der Waals surface area contributed by atoms with E-state index in [2.05, 4.69) is 9.97 Å². The van der Waals surface area contributed by atoms with E-state index < -0.39 is 0 Å². The Labute approximate surface area is 94.5 Å². The van der Waals surface area contributed by atoms with Gasteiger partial charge < -0.3 is 15.0 Å². The molecular weight excluding hydrogens is 206 g/mol. The zero-order valence-electron chi connectivity index (χ0n) is 9.22. The molecule has 0 aromatic carbocycles. The van der Waals surface area contributed by atoms with Crippen molar-refractivity contribution in [1.29, 1.82) is 0 Å². The van der Waals surface area contributed by atoms with Crippen molar-refractivity contribution in [2.24, 2.45) is 0 Å². The molecule has 1 amide bonds. The first kappa shape index (κ1) is 11.1. The summed E-state index contributed by atoms with van der Waals surface area (Å²) in [5, 5.41) is 9.31. The Bertz CT molecular complexity index is 337. The van der Waals surface area contributed by atoms with E-state index >= 15 is 0 Å². The molecule has 1 fully saturated rings. The average Bonchev–Trinajstić information content (AvgIpc) is 2.73. The molecule has 1 atom stereocenters. The molecule has 0 spiro atoms. The van der Waals surface area contributed by atoms with E-state index in [4.69, 9.17) is 0 Å². The molecule has 1 unspecified atom stereocenters. The predicted octanol–water partition coefficient (Wildman–Crippen LogP) is 0.787. The highest BCUT2D eigenvalue weighted by Crippen LogP contribution is 2.18. The first-order valence-electron chi connectivity index (χ1n) is 5.73. The van der Waals surface area contributed by atoms with Crippen LogP contribution in [0.2, 0.25) is 0 Å². The number of aromatic amines is 1. The summed E-state index contributed by atoms with van der Waals surface area (Å²) in [5.41, 5.74) is 0.500. The fraction of sp³-hybridized carbons (Fsp3) is 0.636. The van der Waals surface area contributed by atoms with Crippen molar-refractivity contribution in [2.45, 2.75) is 31.7 Å². The van der Waals surface area contributed by atoms with Gasteiger partial charge in [0.15, 0.2) is 0 Å². The average molecular weight is 223 g/mol. The molecule has 0 radical (unpaired) electrons. The summed E-state index contributed by atoms with van der Waals surface area (Å²) in [4.78, 5) is 20.6. The lowest BCUT2D eigenvalue weighted by Crippen LogP contribution is -2.42. The van der Waals surface area contributed by atoms with E-state index in [1.807, 2.05) is 0 Å². The van der Waals surface area contributed by atoms with Crippen molar-refractivity contribution in [3.63, 3.8) is 0 Å². The number of nitrogens with one attached hydrogen (secondary N) is 1. The standard InChI is InChI=1S/C11H17N3O2/c15-7-9-4-2-1-3-5-14(9)11(16)10-6-12-8-13-10/h6,8-9,15H,1-5,7H2,(H,12,13). The molecule has 2 rings (SSSR count). The highest BCUT2D eigenvalue weighted by atomic mass is 16.3. The second-order valence-electron chi connectivity index (χ2n) is 4.15. The van der Waals surface area contributed by atoms with E-state index in [0.717, 1.165) is 32.2 Å². The normalized spacial score (nSPS) is 21.8. The Hall–Kier alpha value is -1.36. The minimum atomic E-state index is -0.0570.